The first-order valence-corrected chi connectivity index (χ1v) is 5.34. The Kier molecular flexibility index (Phi) is 3.03. The Balaban J connectivity index is 2.57. The molecule has 0 saturated carbocycles. The van der Waals surface area contributed by atoms with Gasteiger partial charge in [-0.05, 0) is 24.8 Å². The summed E-state index contributed by atoms with van der Waals surface area (Å²) < 4.78 is 0. The summed E-state index contributed by atoms with van der Waals surface area (Å²) in [6.45, 7) is 11.8. The standard InChI is InChI=1S/C11H23NO/c1-5-12-8-6-11(13,7-9-12)10(2,3)4/h13H,5-9H2,1-4H3. The average molecular weight is 185 g/mol. The average Bonchev–Trinajstić information content (AvgIpc) is 2.04. The second-order valence-electron chi connectivity index (χ2n) is 5.22. The van der Waals surface area contributed by atoms with E-state index < -0.39 is 5.60 Å². The summed E-state index contributed by atoms with van der Waals surface area (Å²) in [4.78, 5) is 2.40. The Bertz CT molecular complexity index is 163. The van der Waals surface area contributed by atoms with Crippen LogP contribution in [-0.4, -0.2) is 35.2 Å². The lowest BCUT2D eigenvalue weighted by Gasteiger charge is -2.46. The normalized spacial score (nSPS) is 24.7. The van der Waals surface area contributed by atoms with Crippen molar-refractivity contribution in [3.63, 3.8) is 0 Å². The molecule has 1 aliphatic heterocycles. The molecule has 0 bridgehead atoms. The van der Waals surface area contributed by atoms with Crippen LogP contribution in [0.2, 0.25) is 0 Å². The van der Waals surface area contributed by atoms with Gasteiger partial charge < -0.3 is 10.0 Å². The van der Waals surface area contributed by atoms with Crippen molar-refractivity contribution >= 4 is 0 Å². The van der Waals surface area contributed by atoms with Crippen LogP contribution in [0.5, 0.6) is 0 Å². The van der Waals surface area contributed by atoms with Crippen molar-refractivity contribution in [3.05, 3.63) is 0 Å². The maximum absolute atomic E-state index is 10.4. The maximum Gasteiger partial charge on any atom is 0.0720 e. The molecule has 78 valence electrons. The lowest BCUT2D eigenvalue weighted by Crippen LogP contribution is -2.51. The topological polar surface area (TPSA) is 23.5 Å². The number of hydrogen-bond donors (Lipinski definition) is 1. The van der Waals surface area contributed by atoms with Crippen molar-refractivity contribution in [3.8, 4) is 0 Å². The van der Waals surface area contributed by atoms with E-state index in [-0.39, 0.29) is 5.41 Å². The van der Waals surface area contributed by atoms with E-state index in [4.69, 9.17) is 0 Å². The van der Waals surface area contributed by atoms with E-state index in [1.165, 1.54) is 0 Å². The van der Waals surface area contributed by atoms with E-state index in [2.05, 4.69) is 32.6 Å². The predicted molar refractivity (Wildman–Crippen MR) is 55.8 cm³/mol. The number of piperidine rings is 1. The van der Waals surface area contributed by atoms with E-state index in [1.807, 2.05) is 0 Å². The molecule has 0 unspecified atom stereocenters. The lowest BCUT2D eigenvalue weighted by molar-refractivity contribution is -0.0981. The van der Waals surface area contributed by atoms with Gasteiger partial charge in [-0.2, -0.15) is 0 Å². The van der Waals surface area contributed by atoms with Gasteiger partial charge in [-0.3, -0.25) is 0 Å². The predicted octanol–water partition coefficient (Wildman–Crippen LogP) is 1.88. The van der Waals surface area contributed by atoms with Gasteiger partial charge in [0.15, 0.2) is 0 Å². The highest BCUT2D eigenvalue weighted by molar-refractivity contribution is 4.94. The number of aliphatic hydroxyl groups is 1. The van der Waals surface area contributed by atoms with Crippen molar-refractivity contribution in [2.45, 2.75) is 46.1 Å². The Hall–Kier alpha value is -0.0800. The fraction of sp³-hybridized carbons (Fsp3) is 1.00. The molecule has 0 aliphatic carbocycles. The monoisotopic (exact) mass is 185 g/mol. The molecule has 13 heavy (non-hydrogen) atoms. The van der Waals surface area contributed by atoms with E-state index in [9.17, 15) is 5.11 Å². The van der Waals surface area contributed by atoms with Crippen LogP contribution in [0.4, 0.5) is 0 Å². The Morgan fingerprint density at radius 1 is 1.23 bits per heavy atom. The Morgan fingerprint density at radius 2 is 1.69 bits per heavy atom. The minimum absolute atomic E-state index is 0.0207. The highest BCUT2D eigenvalue weighted by atomic mass is 16.3. The van der Waals surface area contributed by atoms with Crippen LogP contribution in [0.3, 0.4) is 0 Å². The summed E-state index contributed by atoms with van der Waals surface area (Å²) in [6, 6.07) is 0. The van der Waals surface area contributed by atoms with Crippen molar-refractivity contribution in [2.75, 3.05) is 19.6 Å². The first kappa shape index (κ1) is 11.0. The largest absolute Gasteiger partial charge is 0.389 e. The van der Waals surface area contributed by atoms with Crippen LogP contribution in [0.25, 0.3) is 0 Å². The van der Waals surface area contributed by atoms with E-state index >= 15 is 0 Å². The molecule has 0 radical (unpaired) electrons. The molecule has 2 heteroatoms. The van der Waals surface area contributed by atoms with Crippen molar-refractivity contribution in [1.29, 1.82) is 0 Å². The second kappa shape index (κ2) is 3.58. The molecule has 1 N–H and O–H groups in total. The van der Waals surface area contributed by atoms with Crippen LogP contribution >= 0.6 is 0 Å². The van der Waals surface area contributed by atoms with Gasteiger partial charge in [0, 0.05) is 13.1 Å². The Labute approximate surface area is 81.9 Å². The zero-order chi connectivity index (χ0) is 10.1. The molecule has 1 saturated heterocycles. The minimum atomic E-state index is -0.446. The van der Waals surface area contributed by atoms with Crippen LogP contribution < -0.4 is 0 Å². The van der Waals surface area contributed by atoms with Crippen LogP contribution in [0.1, 0.15) is 40.5 Å². The lowest BCUT2D eigenvalue weighted by atomic mass is 9.71. The molecule has 0 aromatic rings. The molecule has 1 heterocycles. The fourth-order valence-electron chi connectivity index (χ4n) is 1.99. The van der Waals surface area contributed by atoms with E-state index in [1.54, 1.807) is 0 Å². The number of likely N-dealkylation sites (tertiary alicyclic amines) is 1. The molecule has 2 nitrogen and oxygen atoms in total. The molecule has 0 aromatic heterocycles. The molecule has 0 atom stereocenters. The molecule has 1 rings (SSSR count). The van der Waals surface area contributed by atoms with Crippen molar-refractivity contribution in [1.82, 2.24) is 4.90 Å². The third-order valence-electron chi connectivity index (χ3n) is 3.53. The highest BCUT2D eigenvalue weighted by Gasteiger charge is 2.41. The zero-order valence-corrected chi connectivity index (χ0v) is 9.43. The Morgan fingerprint density at radius 3 is 2.00 bits per heavy atom. The molecule has 0 aromatic carbocycles. The van der Waals surface area contributed by atoms with Crippen LogP contribution in [0, 0.1) is 5.41 Å². The summed E-state index contributed by atoms with van der Waals surface area (Å²) >= 11 is 0. The molecule has 1 fully saturated rings. The van der Waals surface area contributed by atoms with E-state index in [0.29, 0.717) is 0 Å². The third-order valence-corrected chi connectivity index (χ3v) is 3.53. The first-order valence-electron chi connectivity index (χ1n) is 5.34. The highest BCUT2D eigenvalue weighted by Crippen LogP contribution is 2.38. The van der Waals surface area contributed by atoms with Crippen LogP contribution in [-0.2, 0) is 0 Å². The third kappa shape index (κ3) is 2.23. The quantitative estimate of drug-likeness (QED) is 0.674. The summed E-state index contributed by atoms with van der Waals surface area (Å²) in [5.41, 5.74) is -0.425. The van der Waals surface area contributed by atoms with Crippen molar-refractivity contribution < 1.29 is 5.11 Å². The summed E-state index contributed by atoms with van der Waals surface area (Å²) in [5.74, 6) is 0. The van der Waals surface area contributed by atoms with Gasteiger partial charge in [-0.25, -0.2) is 0 Å². The SMILES string of the molecule is CCN1CCC(O)(C(C)(C)C)CC1. The van der Waals surface area contributed by atoms with Gasteiger partial charge in [0.25, 0.3) is 0 Å². The van der Waals surface area contributed by atoms with Gasteiger partial charge in [-0.1, -0.05) is 27.7 Å². The summed E-state index contributed by atoms with van der Waals surface area (Å²) in [7, 11) is 0. The molecule has 1 aliphatic rings. The number of hydrogen-bond acceptors (Lipinski definition) is 2. The summed E-state index contributed by atoms with van der Waals surface area (Å²) in [6.07, 6.45) is 1.84. The molecular weight excluding hydrogens is 162 g/mol. The van der Waals surface area contributed by atoms with E-state index in [0.717, 1.165) is 32.5 Å². The second-order valence-corrected chi connectivity index (χ2v) is 5.22. The van der Waals surface area contributed by atoms with Gasteiger partial charge in [0.05, 0.1) is 5.60 Å². The van der Waals surface area contributed by atoms with Crippen molar-refractivity contribution in [2.24, 2.45) is 5.41 Å². The van der Waals surface area contributed by atoms with Gasteiger partial charge >= 0.3 is 0 Å². The summed E-state index contributed by atoms with van der Waals surface area (Å²) in [5, 5.41) is 10.4. The zero-order valence-electron chi connectivity index (χ0n) is 9.43. The number of nitrogens with zero attached hydrogens (tertiary/aromatic N) is 1. The molecular formula is C11H23NO. The molecule has 0 amide bonds. The van der Waals surface area contributed by atoms with Gasteiger partial charge in [0.1, 0.15) is 0 Å². The first-order chi connectivity index (χ1) is 5.89. The minimum Gasteiger partial charge on any atom is -0.389 e. The smallest absolute Gasteiger partial charge is 0.0720 e. The maximum atomic E-state index is 10.4. The molecule has 0 spiro atoms. The van der Waals surface area contributed by atoms with Gasteiger partial charge in [-0.15, -0.1) is 0 Å². The fourth-order valence-corrected chi connectivity index (χ4v) is 1.99. The van der Waals surface area contributed by atoms with Crippen LogP contribution in [0.15, 0.2) is 0 Å². The number of rotatable bonds is 1. The van der Waals surface area contributed by atoms with Gasteiger partial charge in [0.2, 0.25) is 0 Å².